The van der Waals surface area contributed by atoms with Crippen molar-refractivity contribution in [2.75, 3.05) is 26.3 Å². The number of aromatic nitrogens is 2. The molecule has 3 heterocycles. The normalized spacial score (nSPS) is 17.5. The van der Waals surface area contributed by atoms with E-state index >= 15 is 0 Å². The van der Waals surface area contributed by atoms with Crippen LogP contribution in [-0.4, -0.2) is 60.5 Å². The zero-order valence-electron chi connectivity index (χ0n) is 17.0. The van der Waals surface area contributed by atoms with Crippen LogP contribution in [0.3, 0.4) is 0 Å². The van der Waals surface area contributed by atoms with Gasteiger partial charge in [0, 0.05) is 30.8 Å². The van der Waals surface area contributed by atoms with Gasteiger partial charge in [-0.05, 0) is 35.9 Å². The summed E-state index contributed by atoms with van der Waals surface area (Å²) >= 11 is 0. The molecule has 1 fully saturated rings. The van der Waals surface area contributed by atoms with E-state index in [1.165, 1.54) is 10.7 Å². The molecule has 0 atom stereocenters. The molecular weight excluding hydrogens is 437 g/mol. The van der Waals surface area contributed by atoms with Crippen LogP contribution in [0.15, 0.2) is 47.4 Å². The number of carboxylic acids is 1. The van der Waals surface area contributed by atoms with Gasteiger partial charge in [-0.25, -0.2) is 22.3 Å². The van der Waals surface area contributed by atoms with Crippen LogP contribution >= 0.6 is 0 Å². The minimum atomic E-state index is -3.82. The first-order chi connectivity index (χ1) is 15.3. The van der Waals surface area contributed by atoms with Crippen molar-refractivity contribution in [1.29, 1.82) is 0 Å². The number of halogens is 1. The third-order valence-corrected chi connectivity index (χ3v) is 7.44. The molecule has 8 nitrogen and oxygen atoms in total. The second-order valence-electron chi connectivity index (χ2n) is 7.85. The van der Waals surface area contributed by atoms with E-state index in [0.717, 1.165) is 37.3 Å². The molecule has 0 unspecified atom stereocenters. The lowest BCUT2D eigenvalue weighted by molar-refractivity contribution is 0.0342. The average molecular weight is 457 g/mol. The smallest absolute Gasteiger partial charge is 0.356 e. The Bertz CT molecular complexity index is 1310. The number of benzene rings is 2. The number of ether oxygens (including phenoxy) is 1. The Hall–Kier alpha value is -3.08. The van der Waals surface area contributed by atoms with Crippen LogP contribution in [0.5, 0.6) is 0 Å². The summed E-state index contributed by atoms with van der Waals surface area (Å²) in [5.41, 5.74) is 1.75. The molecule has 5 rings (SSSR count). The van der Waals surface area contributed by atoms with Gasteiger partial charge in [0.1, 0.15) is 5.82 Å². The number of sulfone groups is 1. The molecule has 2 aliphatic heterocycles. The van der Waals surface area contributed by atoms with Crippen molar-refractivity contribution >= 4 is 15.8 Å². The molecule has 3 aromatic rings. The van der Waals surface area contributed by atoms with Crippen LogP contribution < -0.4 is 0 Å². The minimum Gasteiger partial charge on any atom is -0.476 e. The van der Waals surface area contributed by atoms with Crippen molar-refractivity contribution in [3.05, 3.63) is 65.1 Å². The molecule has 2 aliphatic rings. The van der Waals surface area contributed by atoms with Crippen molar-refractivity contribution in [3.8, 4) is 16.9 Å². The summed E-state index contributed by atoms with van der Waals surface area (Å²) in [4.78, 5) is 14.1. The minimum absolute atomic E-state index is 0.0339. The lowest BCUT2D eigenvalue weighted by atomic mass is 10.1. The predicted molar refractivity (Wildman–Crippen MR) is 113 cm³/mol. The maximum absolute atomic E-state index is 14.1. The van der Waals surface area contributed by atoms with Crippen molar-refractivity contribution in [1.82, 2.24) is 14.7 Å². The Morgan fingerprint density at radius 3 is 2.53 bits per heavy atom. The largest absolute Gasteiger partial charge is 0.476 e. The molecule has 166 valence electrons. The van der Waals surface area contributed by atoms with Crippen LogP contribution in [0.4, 0.5) is 4.39 Å². The van der Waals surface area contributed by atoms with E-state index in [0.29, 0.717) is 18.9 Å². The molecule has 0 bridgehead atoms. The van der Waals surface area contributed by atoms with Crippen LogP contribution in [0.2, 0.25) is 0 Å². The number of carboxylic acid groups (broad SMARTS) is 1. The van der Waals surface area contributed by atoms with Crippen molar-refractivity contribution < 1.29 is 27.4 Å². The standard InChI is InChI=1S/C22H20FN3O5S/c23-15-3-6-19-17(11-15)21-18(13-32(19,29)30)20(22(27)28)24-26(21)16-4-1-14(2-5-16)12-25-7-9-31-10-8-25/h1-6,11H,7-10,12-13H2,(H,27,28). The highest BCUT2D eigenvalue weighted by Crippen LogP contribution is 2.41. The molecule has 0 amide bonds. The second kappa shape index (κ2) is 7.80. The molecule has 0 radical (unpaired) electrons. The fraction of sp³-hybridized carbons (Fsp3) is 0.273. The summed E-state index contributed by atoms with van der Waals surface area (Å²) in [6.07, 6.45) is 0. The van der Waals surface area contributed by atoms with Crippen LogP contribution in [0.25, 0.3) is 16.9 Å². The Morgan fingerprint density at radius 2 is 1.84 bits per heavy atom. The third kappa shape index (κ3) is 3.60. The topological polar surface area (TPSA) is 102 Å². The van der Waals surface area contributed by atoms with E-state index in [4.69, 9.17) is 4.74 Å². The fourth-order valence-corrected chi connectivity index (χ4v) is 5.78. The number of morpholine rings is 1. The molecule has 1 saturated heterocycles. The van der Waals surface area contributed by atoms with Crippen molar-refractivity contribution in [3.63, 3.8) is 0 Å². The van der Waals surface area contributed by atoms with Gasteiger partial charge in [0.05, 0.1) is 35.2 Å². The average Bonchev–Trinajstić information content (AvgIpc) is 3.14. The van der Waals surface area contributed by atoms with E-state index in [-0.39, 0.29) is 27.4 Å². The van der Waals surface area contributed by atoms with E-state index < -0.39 is 27.4 Å². The molecule has 1 N–H and O–H groups in total. The lowest BCUT2D eigenvalue weighted by Crippen LogP contribution is -2.35. The van der Waals surface area contributed by atoms with E-state index in [2.05, 4.69) is 10.00 Å². The van der Waals surface area contributed by atoms with Gasteiger partial charge < -0.3 is 9.84 Å². The Morgan fingerprint density at radius 1 is 1.12 bits per heavy atom. The second-order valence-corrected chi connectivity index (χ2v) is 9.81. The quantitative estimate of drug-likeness (QED) is 0.601. The summed E-state index contributed by atoms with van der Waals surface area (Å²) in [5, 5.41) is 13.8. The number of rotatable bonds is 4. The van der Waals surface area contributed by atoms with Gasteiger partial charge in [0.2, 0.25) is 0 Å². The van der Waals surface area contributed by atoms with Gasteiger partial charge in [0.15, 0.2) is 15.5 Å². The summed E-state index contributed by atoms with van der Waals surface area (Å²) in [6, 6.07) is 10.9. The fourth-order valence-electron chi connectivity index (χ4n) is 4.21. The number of hydrogen-bond acceptors (Lipinski definition) is 6. The summed E-state index contributed by atoms with van der Waals surface area (Å²) < 4.78 is 46.3. The molecule has 32 heavy (non-hydrogen) atoms. The SMILES string of the molecule is O=C(O)c1nn(-c2ccc(CN3CCOCC3)cc2)c2c1CS(=O)(=O)c1ccc(F)cc1-2. The zero-order valence-corrected chi connectivity index (χ0v) is 17.8. The molecule has 0 aliphatic carbocycles. The number of aromatic carboxylic acids is 1. The van der Waals surface area contributed by atoms with Crippen molar-refractivity contribution in [2.24, 2.45) is 0 Å². The summed E-state index contributed by atoms with van der Waals surface area (Å²) in [6.45, 7) is 3.87. The number of fused-ring (bicyclic) bond motifs is 3. The molecule has 2 aromatic carbocycles. The Kier molecular flexibility index (Phi) is 5.07. The highest BCUT2D eigenvalue weighted by molar-refractivity contribution is 7.90. The van der Waals surface area contributed by atoms with Crippen LogP contribution in [0, 0.1) is 5.82 Å². The third-order valence-electron chi connectivity index (χ3n) is 5.74. The summed E-state index contributed by atoms with van der Waals surface area (Å²) in [5.74, 6) is -2.45. The Balaban J connectivity index is 1.60. The maximum atomic E-state index is 14.1. The first-order valence-corrected chi connectivity index (χ1v) is 11.8. The maximum Gasteiger partial charge on any atom is 0.356 e. The van der Waals surface area contributed by atoms with Gasteiger partial charge in [0.25, 0.3) is 0 Å². The number of hydrogen-bond donors (Lipinski definition) is 1. The van der Waals surface area contributed by atoms with Gasteiger partial charge in [-0.1, -0.05) is 12.1 Å². The van der Waals surface area contributed by atoms with Crippen LogP contribution in [-0.2, 0) is 26.9 Å². The highest BCUT2D eigenvalue weighted by Gasteiger charge is 2.36. The van der Waals surface area contributed by atoms with Crippen molar-refractivity contribution in [2.45, 2.75) is 17.2 Å². The first-order valence-electron chi connectivity index (χ1n) is 10.1. The number of carbonyl (C=O) groups is 1. The number of nitrogens with zero attached hydrogens (tertiary/aromatic N) is 3. The predicted octanol–water partition coefficient (Wildman–Crippen LogP) is 2.50. The van der Waals surface area contributed by atoms with E-state index in [1.54, 1.807) is 12.1 Å². The van der Waals surface area contributed by atoms with Crippen LogP contribution in [0.1, 0.15) is 21.6 Å². The summed E-state index contributed by atoms with van der Waals surface area (Å²) in [7, 11) is -3.82. The molecular formula is C22H20FN3O5S. The van der Waals surface area contributed by atoms with Gasteiger partial charge in [-0.15, -0.1) is 0 Å². The van der Waals surface area contributed by atoms with Gasteiger partial charge >= 0.3 is 5.97 Å². The Labute approximate surface area is 183 Å². The molecule has 0 spiro atoms. The zero-order chi connectivity index (χ0) is 22.5. The van der Waals surface area contributed by atoms with E-state index in [1.807, 2.05) is 12.1 Å². The molecule has 0 saturated carbocycles. The molecule has 10 heteroatoms. The molecule has 1 aromatic heterocycles. The highest BCUT2D eigenvalue weighted by atomic mass is 32.2. The van der Waals surface area contributed by atoms with Gasteiger partial charge in [-0.3, -0.25) is 4.90 Å². The first kappa shape index (κ1) is 20.8. The van der Waals surface area contributed by atoms with Gasteiger partial charge in [-0.2, -0.15) is 5.10 Å². The monoisotopic (exact) mass is 457 g/mol. The lowest BCUT2D eigenvalue weighted by Gasteiger charge is -2.26. The van der Waals surface area contributed by atoms with E-state index in [9.17, 15) is 22.7 Å².